The summed E-state index contributed by atoms with van der Waals surface area (Å²) in [6.45, 7) is 7.96. The second-order valence-electron chi connectivity index (χ2n) is 8.24. The van der Waals surface area contributed by atoms with Crippen molar-refractivity contribution >= 4 is 29.1 Å². The molecule has 1 heterocycles. The van der Waals surface area contributed by atoms with Gasteiger partial charge in [0.25, 0.3) is 0 Å². The molecule has 1 aliphatic rings. The number of likely N-dealkylation sites (N-methyl/N-ethyl adjacent to an activating group) is 1. The summed E-state index contributed by atoms with van der Waals surface area (Å²) < 4.78 is 0. The Bertz CT molecular complexity index is 905. The van der Waals surface area contributed by atoms with Crippen molar-refractivity contribution in [3.8, 4) is 0 Å². The van der Waals surface area contributed by atoms with Crippen LogP contribution in [0, 0.1) is 13.8 Å². The number of carbonyl (C=O) groups excluding carboxylic acids is 2. The molecule has 0 atom stereocenters. The van der Waals surface area contributed by atoms with E-state index in [2.05, 4.69) is 10.2 Å². The van der Waals surface area contributed by atoms with Crippen molar-refractivity contribution in [3.63, 3.8) is 0 Å². The molecule has 1 aliphatic heterocycles. The molecule has 6 nitrogen and oxygen atoms in total. The van der Waals surface area contributed by atoms with Crippen LogP contribution in [0.5, 0.6) is 0 Å². The number of amides is 2. The number of piperazine rings is 1. The van der Waals surface area contributed by atoms with Crippen LogP contribution in [0.25, 0.3) is 0 Å². The number of para-hydroxylation sites is 1. The third-order valence-corrected chi connectivity index (χ3v) is 6.01. The van der Waals surface area contributed by atoms with Crippen molar-refractivity contribution in [3.05, 3.63) is 64.2 Å². The van der Waals surface area contributed by atoms with Crippen molar-refractivity contribution in [1.82, 2.24) is 14.7 Å². The summed E-state index contributed by atoms with van der Waals surface area (Å²) in [6, 6.07) is 13.7. The highest BCUT2D eigenvalue weighted by atomic mass is 35.5. The summed E-state index contributed by atoms with van der Waals surface area (Å²) in [5, 5.41) is 3.75. The molecule has 31 heavy (non-hydrogen) atoms. The van der Waals surface area contributed by atoms with Crippen molar-refractivity contribution < 1.29 is 9.59 Å². The van der Waals surface area contributed by atoms with E-state index >= 15 is 0 Å². The highest BCUT2D eigenvalue weighted by Gasteiger charge is 2.23. The molecule has 1 fully saturated rings. The van der Waals surface area contributed by atoms with Crippen molar-refractivity contribution in [2.45, 2.75) is 20.4 Å². The first-order valence-corrected chi connectivity index (χ1v) is 11.0. The molecule has 1 N–H and O–H groups in total. The number of rotatable bonds is 7. The lowest BCUT2D eigenvalue weighted by Gasteiger charge is -2.35. The normalized spacial score (nSPS) is 14.7. The fraction of sp³-hybridized carbons (Fsp3) is 0.417. The Morgan fingerprint density at radius 2 is 1.65 bits per heavy atom. The molecule has 7 heteroatoms. The van der Waals surface area contributed by atoms with Gasteiger partial charge in [-0.15, -0.1) is 0 Å². The molecular weight excluding hydrogens is 412 g/mol. The number of nitrogens with one attached hydrogen (secondary N) is 1. The van der Waals surface area contributed by atoms with Gasteiger partial charge in [0.2, 0.25) is 11.8 Å². The van der Waals surface area contributed by atoms with E-state index in [1.807, 2.05) is 73.2 Å². The quantitative estimate of drug-likeness (QED) is 0.715. The molecule has 166 valence electrons. The van der Waals surface area contributed by atoms with Gasteiger partial charge in [0.05, 0.1) is 13.1 Å². The van der Waals surface area contributed by atoms with Crippen LogP contribution in [-0.2, 0) is 16.1 Å². The van der Waals surface area contributed by atoms with E-state index in [-0.39, 0.29) is 11.8 Å². The highest BCUT2D eigenvalue weighted by Crippen LogP contribution is 2.19. The van der Waals surface area contributed by atoms with Gasteiger partial charge in [-0.3, -0.25) is 19.4 Å². The van der Waals surface area contributed by atoms with E-state index in [0.717, 1.165) is 27.4 Å². The molecule has 2 aromatic rings. The van der Waals surface area contributed by atoms with Crippen LogP contribution in [0.1, 0.15) is 16.7 Å². The first kappa shape index (κ1) is 23.3. The number of carbonyl (C=O) groups is 2. The van der Waals surface area contributed by atoms with Gasteiger partial charge in [-0.05, 0) is 43.7 Å². The Balaban J connectivity index is 1.43. The largest absolute Gasteiger partial charge is 0.339 e. The Morgan fingerprint density at radius 1 is 1.00 bits per heavy atom. The molecule has 0 spiro atoms. The molecule has 0 bridgehead atoms. The zero-order valence-corrected chi connectivity index (χ0v) is 19.3. The van der Waals surface area contributed by atoms with Gasteiger partial charge in [0.1, 0.15) is 0 Å². The number of nitrogens with zero attached hydrogens (tertiary/aromatic N) is 3. The van der Waals surface area contributed by atoms with E-state index in [4.69, 9.17) is 11.6 Å². The van der Waals surface area contributed by atoms with E-state index in [9.17, 15) is 9.59 Å². The fourth-order valence-corrected chi connectivity index (χ4v) is 4.05. The second kappa shape index (κ2) is 10.8. The summed E-state index contributed by atoms with van der Waals surface area (Å²) in [7, 11) is 1.93. The lowest BCUT2D eigenvalue weighted by atomic mass is 10.1. The zero-order chi connectivity index (χ0) is 22.4. The molecule has 0 saturated carbocycles. The Hall–Kier alpha value is -2.41. The first-order valence-electron chi connectivity index (χ1n) is 10.6. The summed E-state index contributed by atoms with van der Waals surface area (Å²) in [4.78, 5) is 31.1. The standard InChI is InChI=1S/C24H31ClN4O2/c1-18-7-6-8-19(2)24(18)26-22(30)16-28-11-13-29(14-12-28)23(31)17-27(3)15-20-9-4-5-10-21(20)25/h4-10H,11-17H2,1-3H3,(H,26,30). The van der Waals surface area contributed by atoms with Crippen LogP contribution in [0.4, 0.5) is 5.69 Å². The highest BCUT2D eigenvalue weighted by molar-refractivity contribution is 6.31. The van der Waals surface area contributed by atoms with Gasteiger partial charge >= 0.3 is 0 Å². The number of hydrogen-bond donors (Lipinski definition) is 1. The van der Waals surface area contributed by atoms with Gasteiger partial charge in [0.15, 0.2) is 0 Å². The molecule has 1 saturated heterocycles. The van der Waals surface area contributed by atoms with Crippen LogP contribution >= 0.6 is 11.6 Å². The smallest absolute Gasteiger partial charge is 0.238 e. The Kier molecular flexibility index (Phi) is 8.07. The van der Waals surface area contributed by atoms with Crippen molar-refractivity contribution in [2.24, 2.45) is 0 Å². The predicted molar refractivity (Wildman–Crippen MR) is 125 cm³/mol. The summed E-state index contributed by atoms with van der Waals surface area (Å²) in [5.41, 5.74) is 4.02. The van der Waals surface area contributed by atoms with E-state index in [1.165, 1.54) is 0 Å². The van der Waals surface area contributed by atoms with Gasteiger partial charge in [-0.1, -0.05) is 48.0 Å². The third-order valence-electron chi connectivity index (χ3n) is 5.64. The van der Waals surface area contributed by atoms with Crippen LogP contribution in [0.15, 0.2) is 42.5 Å². The first-order chi connectivity index (χ1) is 14.8. The summed E-state index contributed by atoms with van der Waals surface area (Å²) >= 11 is 6.22. The number of hydrogen-bond acceptors (Lipinski definition) is 4. The molecule has 2 amide bonds. The minimum atomic E-state index is -0.0170. The average Bonchev–Trinajstić information content (AvgIpc) is 2.73. The van der Waals surface area contributed by atoms with Crippen LogP contribution < -0.4 is 5.32 Å². The van der Waals surface area contributed by atoms with E-state index in [1.54, 1.807) is 0 Å². The Labute approximate surface area is 189 Å². The molecule has 0 aliphatic carbocycles. The number of anilines is 1. The van der Waals surface area contributed by atoms with Crippen LogP contribution in [-0.4, -0.2) is 72.8 Å². The Morgan fingerprint density at radius 3 is 2.29 bits per heavy atom. The van der Waals surface area contributed by atoms with Crippen molar-refractivity contribution in [1.29, 1.82) is 0 Å². The molecule has 0 unspecified atom stereocenters. The lowest BCUT2D eigenvalue weighted by molar-refractivity contribution is -0.134. The monoisotopic (exact) mass is 442 g/mol. The minimum absolute atomic E-state index is 0.0170. The predicted octanol–water partition coefficient (Wildman–Crippen LogP) is 3.17. The van der Waals surface area contributed by atoms with Gasteiger partial charge in [-0.25, -0.2) is 0 Å². The molecule has 3 rings (SSSR count). The molecule has 2 aromatic carbocycles. The average molecular weight is 443 g/mol. The molecular formula is C24H31ClN4O2. The maximum absolute atomic E-state index is 12.7. The van der Waals surface area contributed by atoms with Gasteiger partial charge in [0, 0.05) is 43.4 Å². The topological polar surface area (TPSA) is 55.9 Å². The van der Waals surface area contributed by atoms with E-state index < -0.39 is 0 Å². The zero-order valence-electron chi connectivity index (χ0n) is 18.5. The number of aryl methyl sites for hydroxylation is 2. The van der Waals surface area contributed by atoms with Crippen LogP contribution in [0.3, 0.4) is 0 Å². The minimum Gasteiger partial charge on any atom is -0.339 e. The van der Waals surface area contributed by atoms with Gasteiger partial charge < -0.3 is 10.2 Å². The summed E-state index contributed by atoms with van der Waals surface area (Å²) in [5.74, 6) is 0.0887. The second-order valence-corrected chi connectivity index (χ2v) is 8.64. The fourth-order valence-electron chi connectivity index (χ4n) is 3.85. The maximum atomic E-state index is 12.7. The maximum Gasteiger partial charge on any atom is 0.238 e. The number of halogens is 1. The van der Waals surface area contributed by atoms with Crippen LogP contribution in [0.2, 0.25) is 5.02 Å². The number of benzene rings is 2. The lowest BCUT2D eigenvalue weighted by Crippen LogP contribution is -2.52. The van der Waals surface area contributed by atoms with Crippen molar-refractivity contribution in [2.75, 3.05) is 51.6 Å². The van der Waals surface area contributed by atoms with Gasteiger partial charge in [-0.2, -0.15) is 0 Å². The summed E-state index contributed by atoms with van der Waals surface area (Å²) in [6.07, 6.45) is 0. The molecule has 0 radical (unpaired) electrons. The third kappa shape index (κ3) is 6.53. The van der Waals surface area contributed by atoms with E-state index in [0.29, 0.717) is 45.8 Å². The SMILES string of the molecule is Cc1cccc(C)c1NC(=O)CN1CCN(C(=O)CN(C)Cc2ccccc2Cl)CC1. The molecule has 0 aromatic heterocycles.